The minimum absolute atomic E-state index is 0.0838. The molecule has 0 unspecified atom stereocenters. The first-order chi connectivity index (χ1) is 17.6. The molecule has 7 heteroatoms. The van der Waals surface area contributed by atoms with Gasteiger partial charge in [-0.15, -0.1) is 11.3 Å². The molecular weight excluding hydrogens is 472 g/mol. The van der Waals surface area contributed by atoms with Gasteiger partial charge in [-0.2, -0.15) is 0 Å². The van der Waals surface area contributed by atoms with E-state index in [-0.39, 0.29) is 37.6 Å². The number of benzene rings is 2. The van der Waals surface area contributed by atoms with Gasteiger partial charge in [-0.3, -0.25) is 9.59 Å². The van der Waals surface area contributed by atoms with Crippen molar-refractivity contribution in [1.82, 2.24) is 10.2 Å². The minimum atomic E-state index is -0.731. The van der Waals surface area contributed by atoms with Crippen molar-refractivity contribution >= 4 is 23.2 Å². The molecule has 1 saturated carbocycles. The number of thiophene rings is 1. The molecule has 0 saturated heterocycles. The van der Waals surface area contributed by atoms with Gasteiger partial charge in [0.05, 0.1) is 6.42 Å². The number of carbonyl (C=O) groups excluding carboxylic acids is 2. The molecule has 0 radical (unpaired) electrons. The van der Waals surface area contributed by atoms with E-state index in [0.29, 0.717) is 11.5 Å². The normalized spacial score (nSPS) is 15.9. The first-order valence-electron chi connectivity index (χ1n) is 12.6. The van der Waals surface area contributed by atoms with Crippen LogP contribution in [0.4, 0.5) is 0 Å². The maximum Gasteiger partial charge on any atom is 0.247 e. The highest BCUT2D eigenvalue weighted by atomic mass is 32.1. The van der Waals surface area contributed by atoms with Crippen LogP contribution in [0, 0.1) is 6.92 Å². The average molecular weight is 505 g/mol. The predicted molar refractivity (Wildman–Crippen MR) is 140 cm³/mol. The van der Waals surface area contributed by atoms with Crippen molar-refractivity contribution < 1.29 is 19.1 Å². The lowest BCUT2D eigenvalue weighted by Crippen LogP contribution is -2.47. The third-order valence-electron chi connectivity index (χ3n) is 6.92. The van der Waals surface area contributed by atoms with Crippen LogP contribution in [0.25, 0.3) is 0 Å². The molecule has 6 nitrogen and oxygen atoms in total. The Bertz CT molecular complexity index is 1190. The second kappa shape index (κ2) is 11.2. The number of fused-ring (bicyclic) bond motifs is 1. The zero-order chi connectivity index (χ0) is 24.9. The fourth-order valence-corrected chi connectivity index (χ4v) is 5.67. The van der Waals surface area contributed by atoms with Crippen molar-refractivity contribution in [3.63, 3.8) is 0 Å². The number of rotatable bonds is 8. The lowest BCUT2D eigenvalue weighted by atomic mass is 9.94. The molecule has 3 aromatic rings. The summed E-state index contributed by atoms with van der Waals surface area (Å²) in [5.74, 6) is 1.16. The molecule has 1 fully saturated rings. The maximum atomic E-state index is 13.9. The average Bonchev–Trinajstić information content (AvgIpc) is 3.57. The van der Waals surface area contributed by atoms with E-state index in [2.05, 4.69) is 5.32 Å². The largest absolute Gasteiger partial charge is 0.454 e. The Morgan fingerprint density at radius 3 is 2.56 bits per heavy atom. The smallest absolute Gasteiger partial charge is 0.247 e. The molecule has 0 spiro atoms. The molecule has 2 aliphatic rings. The summed E-state index contributed by atoms with van der Waals surface area (Å²) in [7, 11) is 0. The van der Waals surface area contributed by atoms with Gasteiger partial charge in [0.15, 0.2) is 11.5 Å². The number of hydrogen-bond donors (Lipinski definition) is 1. The Hall–Kier alpha value is -3.32. The maximum absolute atomic E-state index is 13.9. The van der Waals surface area contributed by atoms with E-state index in [1.54, 1.807) is 16.2 Å². The van der Waals surface area contributed by atoms with E-state index in [1.165, 1.54) is 6.42 Å². The Kier molecular flexibility index (Phi) is 7.56. The van der Waals surface area contributed by atoms with Gasteiger partial charge in [0.1, 0.15) is 6.04 Å². The first-order valence-corrected chi connectivity index (χ1v) is 13.5. The van der Waals surface area contributed by atoms with Crippen LogP contribution in [0.15, 0.2) is 60.0 Å². The van der Waals surface area contributed by atoms with E-state index in [1.807, 2.05) is 66.9 Å². The quantitative estimate of drug-likeness (QED) is 0.437. The van der Waals surface area contributed by atoms with Crippen LogP contribution in [0.2, 0.25) is 0 Å². The Balaban J connectivity index is 1.49. The predicted octanol–water partition coefficient (Wildman–Crippen LogP) is 5.55. The van der Waals surface area contributed by atoms with Crippen molar-refractivity contribution in [3.05, 3.63) is 81.5 Å². The van der Waals surface area contributed by atoms with Crippen LogP contribution in [0.1, 0.15) is 59.7 Å². The van der Waals surface area contributed by atoms with Gasteiger partial charge in [0.25, 0.3) is 0 Å². The van der Waals surface area contributed by atoms with Gasteiger partial charge in [-0.05, 0) is 54.5 Å². The summed E-state index contributed by atoms with van der Waals surface area (Å²) in [6.45, 7) is 2.50. The molecule has 5 rings (SSSR count). The highest BCUT2D eigenvalue weighted by Gasteiger charge is 2.33. The number of carbonyl (C=O) groups is 2. The number of ether oxygens (including phenoxy) is 2. The molecule has 1 N–H and O–H groups in total. The molecule has 1 aromatic heterocycles. The third-order valence-corrected chi connectivity index (χ3v) is 7.80. The number of hydrogen-bond acceptors (Lipinski definition) is 5. The summed E-state index contributed by atoms with van der Waals surface area (Å²) in [6, 6.07) is 17.0. The van der Waals surface area contributed by atoms with E-state index in [0.717, 1.165) is 47.3 Å². The van der Waals surface area contributed by atoms with Gasteiger partial charge in [0, 0.05) is 17.5 Å². The van der Waals surface area contributed by atoms with Crippen LogP contribution in [0.5, 0.6) is 11.5 Å². The highest BCUT2D eigenvalue weighted by Crippen LogP contribution is 2.34. The third kappa shape index (κ3) is 5.73. The molecule has 2 heterocycles. The Morgan fingerprint density at radius 2 is 1.81 bits per heavy atom. The van der Waals surface area contributed by atoms with Crippen LogP contribution in [-0.2, 0) is 22.6 Å². The second-order valence-electron chi connectivity index (χ2n) is 9.62. The van der Waals surface area contributed by atoms with Gasteiger partial charge in [-0.1, -0.05) is 61.2 Å². The SMILES string of the molecule is Cc1ccc([C@@H](C(=O)NC2CCCCC2)N(Cc2ccc3c(c2)OCO3)C(=O)Cc2cccs2)cc1. The van der Waals surface area contributed by atoms with E-state index < -0.39 is 6.04 Å². The monoisotopic (exact) mass is 504 g/mol. The minimum Gasteiger partial charge on any atom is -0.454 e. The number of amides is 2. The number of aryl methyl sites for hydroxylation is 1. The lowest BCUT2D eigenvalue weighted by molar-refractivity contribution is -0.141. The number of nitrogens with zero attached hydrogens (tertiary/aromatic N) is 1. The first kappa shape index (κ1) is 24.4. The molecular formula is C29H32N2O4S. The Morgan fingerprint density at radius 1 is 1.03 bits per heavy atom. The standard InChI is InChI=1S/C29H32N2O4S/c1-20-9-12-22(13-10-20)28(29(33)30-23-6-3-2-4-7-23)31(27(32)17-24-8-5-15-36-24)18-21-11-14-25-26(16-21)35-19-34-25/h5,8-16,23,28H,2-4,6-7,17-19H2,1H3,(H,30,33)/t28-/m0/s1. The van der Waals surface area contributed by atoms with Gasteiger partial charge in [0.2, 0.25) is 18.6 Å². The summed E-state index contributed by atoms with van der Waals surface area (Å²) >= 11 is 1.55. The molecule has 36 heavy (non-hydrogen) atoms. The summed E-state index contributed by atoms with van der Waals surface area (Å²) in [6.07, 6.45) is 5.68. The van der Waals surface area contributed by atoms with E-state index in [9.17, 15) is 9.59 Å². The molecule has 1 atom stereocenters. The molecule has 2 aromatic carbocycles. The van der Waals surface area contributed by atoms with E-state index >= 15 is 0 Å². The zero-order valence-electron chi connectivity index (χ0n) is 20.6. The number of nitrogens with one attached hydrogen (secondary N) is 1. The zero-order valence-corrected chi connectivity index (χ0v) is 21.4. The fraction of sp³-hybridized carbons (Fsp3) is 0.379. The van der Waals surface area contributed by atoms with Crippen molar-refractivity contribution in [3.8, 4) is 11.5 Å². The van der Waals surface area contributed by atoms with Crippen LogP contribution >= 0.6 is 11.3 Å². The summed E-state index contributed by atoms with van der Waals surface area (Å²) < 4.78 is 11.0. The molecule has 1 aliphatic carbocycles. The summed E-state index contributed by atoms with van der Waals surface area (Å²) in [5.41, 5.74) is 2.81. The van der Waals surface area contributed by atoms with E-state index in [4.69, 9.17) is 9.47 Å². The Labute approximate surface area is 216 Å². The van der Waals surface area contributed by atoms with Crippen molar-refractivity contribution in [1.29, 1.82) is 0 Å². The molecule has 188 valence electrons. The molecule has 1 aliphatic heterocycles. The lowest BCUT2D eigenvalue weighted by Gasteiger charge is -2.33. The highest BCUT2D eigenvalue weighted by molar-refractivity contribution is 7.10. The molecule has 0 bridgehead atoms. The van der Waals surface area contributed by atoms with Crippen LogP contribution in [-0.4, -0.2) is 29.5 Å². The fourth-order valence-electron chi connectivity index (χ4n) is 4.97. The van der Waals surface area contributed by atoms with Gasteiger partial charge >= 0.3 is 0 Å². The van der Waals surface area contributed by atoms with Crippen molar-refractivity contribution in [2.24, 2.45) is 0 Å². The second-order valence-corrected chi connectivity index (χ2v) is 10.7. The summed E-state index contributed by atoms with van der Waals surface area (Å²) in [5, 5.41) is 5.25. The van der Waals surface area contributed by atoms with Crippen LogP contribution < -0.4 is 14.8 Å². The summed E-state index contributed by atoms with van der Waals surface area (Å²) in [4.78, 5) is 30.4. The van der Waals surface area contributed by atoms with Crippen molar-refractivity contribution in [2.75, 3.05) is 6.79 Å². The van der Waals surface area contributed by atoms with Crippen molar-refractivity contribution in [2.45, 2.75) is 64.1 Å². The topological polar surface area (TPSA) is 67.9 Å². The van der Waals surface area contributed by atoms with Gasteiger partial charge < -0.3 is 19.7 Å². The molecule has 2 amide bonds. The van der Waals surface area contributed by atoms with Gasteiger partial charge in [-0.25, -0.2) is 0 Å². The van der Waals surface area contributed by atoms with Crippen LogP contribution in [0.3, 0.4) is 0 Å².